The normalized spacial score (nSPS) is 11.5. The molecular weight excluding hydrogens is 465 g/mol. The van der Waals surface area contributed by atoms with Gasteiger partial charge in [0.1, 0.15) is 12.3 Å². The summed E-state index contributed by atoms with van der Waals surface area (Å²) in [6, 6.07) is 6.76. The molecule has 0 aliphatic rings. The number of nitrogens with one attached hydrogen (secondary N) is 1. The average molecular weight is 483 g/mol. The third-order valence-electron chi connectivity index (χ3n) is 5.04. The van der Waals surface area contributed by atoms with Gasteiger partial charge in [-0.25, -0.2) is 0 Å². The standard InChI is InChI=1S/C22H18ClF3N2O5/c1-11-14(8-19(29)27-10-20(30)31)15-7-18(33-2)16(23)9-17(15)28(11)21(32)12-3-5-13(6-4-12)22(24,25)26/h3-7,9H,8,10H2,1-2H3,(H,27,29)(H,30,31). The quantitative estimate of drug-likeness (QED) is 0.552. The van der Waals surface area contributed by atoms with E-state index in [1.54, 1.807) is 13.0 Å². The molecule has 174 valence electrons. The van der Waals surface area contributed by atoms with E-state index in [9.17, 15) is 27.6 Å². The van der Waals surface area contributed by atoms with Gasteiger partial charge in [0.15, 0.2) is 0 Å². The topological polar surface area (TPSA) is 97.6 Å². The highest BCUT2D eigenvalue weighted by atomic mass is 35.5. The fraction of sp³-hybridized carbons (Fsp3) is 0.227. The number of carbonyl (C=O) groups excluding carboxylic acids is 2. The number of benzene rings is 2. The Kier molecular flexibility index (Phi) is 6.68. The van der Waals surface area contributed by atoms with Crippen molar-refractivity contribution in [3.8, 4) is 5.75 Å². The van der Waals surface area contributed by atoms with Crippen LogP contribution in [0.4, 0.5) is 13.2 Å². The summed E-state index contributed by atoms with van der Waals surface area (Å²) in [6.07, 6.45) is -4.79. The van der Waals surface area contributed by atoms with E-state index in [0.29, 0.717) is 22.2 Å². The van der Waals surface area contributed by atoms with Gasteiger partial charge < -0.3 is 15.2 Å². The van der Waals surface area contributed by atoms with Crippen molar-refractivity contribution >= 4 is 40.3 Å². The second-order valence-electron chi connectivity index (χ2n) is 7.13. The Hall–Kier alpha value is -3.53. The average Bonchev–Trinajstić information content (AvgIpc) is 3.01. The molecule has 0 spiro atoms. The Bertz CT molecular complexity index is 1250. The second kappa shape index (κ2) is 9.14. The Morgan fingerprint density at radius 2 is 1.79 bits per heavy atom. The van der Waals surface area contributed by atoms with E-state index in [-0.39, 0.29) is 22.8 Å². The SMILES string of the molecule is COc1cc2c(CC(=O)NCC(=O)O)c(C)n(C(=O)c3ccc(C(F)(F)F)cc3)c2cc1Cl. The van der Waals surface area contributed by atoms with E-state index in [1.807, 2.05) is 0 Å². The molecule has 2 N–H and O–H groups in total. The molecule has 3 aromatic rings. The number of alkyl halides is 3. The summed E-state index contributed by atoms with van der Waals surface area (Å²) in [5, 5.41) is 11.7. The van der Waals surface area contributed by atoms with E-state index >= 15 is 0 Å². The third kappa shape index (κ3) is 4.95. The van der Waals surface area contributed by atoms with Crippen LogP contribution in [-0.4, -0.2) is 41.1 Å². The van der Waals surface area contributed by atoms with Gasteiger partial charge >= 0.3 is 12.1 Å². The highest BCUT2D eigenvalue weighted by molar-refractivity contribution is 6.33. The highest BCUT2D eigenvalue weighted by Crippen LogP contribution is 2.36. The summed E-state index contributed by atoms with van der Waals surface area (Å²) >= 11 is 6.23. The fourth-order valence-corrected chi connectivity index (χ4v) is 3.68. The number of halogens is 4. The largest absolute Gasteiger partial charge is 0.495 e. The first-order valence-corrected chi connectivity index (χ1v) is 9.89. The lowest BCUT2D eigenvalue weighted by Crippen LogP contribution is -2.30. The van der Waals surface area contributed by atoms with Gasteiger partial charge in [-0.05, 0) is 48.9 Å². The number of methoxy groups -OCH3 is 1. The van der Waals surface area contributed by atoms with Gasteiger partial charge in [0.05, 0.1) is 29.6 Å². The smallest absolute Gasteiger partial charge is 0.416 e. The molecule has 0 atom stereocenters. The summed E-state index contributed by atoms with van der Waals surface area (Å²) in [5.74, 6) is -2.14. The van der Waals surface area contributed by atoms with Gasteiger partial charge in [0.25, 0.3) is 5.91 Å². The van der Waals surface area contributed by atoms with E-state index in [1.165, 1.54) is 17.7 Å². The number of fused-ring (bicyclic) bond motifs is 1. The minimum absolute atomic E-state index is 0.00295. The van der Waals surface area contributed by atoms with Crippen LogP contribution < -0.4 is 10.1 Å². The van der Waals surface area contributed by atoms with Gasteiger partial charge in [0, 0.05) is 16.6 Å². The summed E-state index contributed by atoms with van der Waals surface area (Å²) in [4.78, 5) is 36.3. The van der Waals surface area contributed by atoms with Crippen molar-refractivity contribution in [3.05, 3.63) is 63.8 Å². The monoisotopic (exact) mass is 482 g/mol. The van der Waals surface area contributed by atoms with Crippen molar-refractivity contribution in [1.82, 2.24) is 9.88 Å². The first-order chi connectivity index (χ1) is 15.4. The first-order valence-electron chi connectivity index (χ1n) is 9.52. The molecule has 0 saturated heterocycles. The lowest BCUT2D eigenvalue weighted by Gasteiger charge is -2.10. The second-order valence-corrected chi connectivity index (χ2v) is 7.54. The number of aliphatic carboxylic acids is 1. The minimum Gasteiger partial charge on any atom is -0.495 e. The number of carboxylic acid groups (broad SMARTS) is 1. The van der Waals surface area contributed by atoms with Crippen LogP contribution in [0.25, 0.3) is 10.9 Å². The predicted octanol–water partition coefficient (Wildman–Crippen LogP) is 4.06. The van der Waals surface area contributed by atoms with Crippen LogP contribution in [0.2, 0.25) is 5.02 Å². The van der Waals surface area contributed by atoms with Crippen molar-refractivity contribution in [1.29, 1.82) is 0 Å². The number of carboxylic acids is 1. The molecule has 0 saturated carbocycles. The lowest BCUT2D eigenvalue weighted by atomic mass is 10.1. The number of amides is 1. The fourth-order valence-electron chi connectivity index (χ4n) is 3.45. The molecule has 0 fully saturated rings. The molecule has 2 aromatic carbocycles. The van der Waals surface area contributed by atoms with Crippen molar-refractivity contribution in [2.24, 2.45) is 0 Å². The van der Waals surface area contributed by atoms with E-state index < -0.39 is 36.1 Å². The molecule has 33 heavy (non-hydrogen) atoms. The zero-order chi connectivity index (χ0) is 24.5. The van der Waals surface area contributed by atoms with Crippen LogP contribution in [0.5, 0.6) is 5.75 Å². The molecule has 7 nitrogen and oxygen atoms in total. The third-order valence-corrected chi connectivity index (χ3v) is 5.34. The molecule has 11 heteroatoms. The van der Waals surface area contributed by atoms with Crippen LogP contribution in [0.3, 0.4) is 0 Å². The summed E-state index contributed by atoms with van der Waals surface area (Å²) in [7, 11) is 1.39. The zero-order valence-corrected chi connectivity index (χ0v) is 18.2. The number of hydrogen-bond acceptors (Lipinski definition) is 4. The maximum atomic E-state index is 13.3. The van der Waals surface area contributed by atoms with Crippen LogP contribution in [0.1, 0.15) is 27.2 Å². The number of nitrogens with zero attached hydrogens (tertiary/aromatic N) is 1. The van der Waals surface area contributed by atoms with Crippen LogP contribution >= 0.6 is 11.6 Å². The molecule has 0 aliphatic carbocycles. The Morgan fingerprint density at radius 3 is 2.33 bits per heavy atom. The van der Waals surface area contributed by atoms with Crippen molar-refractivity contribution in [2.45, 2.75) is 19.5 Å². The van der Waals surface area contributed by atoms with Crippen molar-refractivity contribution < 1.29 is 37.4 Å². The molecule has 0 radical (unpaired) electrons. The molecule has 1 aromatic heterocycles. The van der Waals surface area contributed by atoms with Gasteiger partial charge in [0.2, 0.25) is 5.91 Å². The molecule has 1 heterocycles. The maximum Gasteiger partial charge on any atom is 0.416 e. The van der Waals surface area contributed by atoms with E-state index in [0.717, 1.165) is 24.3 Å². The molecular formula is C22H18ClF3N2O5. The summed E-state index contributed by atoms with van der Waals surface area (Å²) in [5.41, 5.74) is 0.200. The molecule has 0 unspecified atom stereocenters. The number of aromatic nitrogens is 1. The molecule has 0 aliphatic heterocycles. The first kappa shape index (κ1) is 24.1. The lowest BCUT2D eigenvalue weighted by molar-refractivity contribution is -0.138. The summed E-state index contributed by atoms with van der Waals surface area (Å²) in [6.45, 7) is 0.998. The zero-order valence-electron chi connectivity index (χ0n) is 17.4. The summed E-state index contributed by atoms with van der Waals surface area (Å²) < 4.78 is 45.1. The van der Waals surface area contributed by atoms with Gasteiger partial charge in [-0.1, -0.05) is 11.6 Å². The number of ether oxygens (including phenoxy) is 1. The molecule has 0 bridgehead atoms. The molecule has 3 rings (SSSR count). The number of carbonyl (C=O) groups is 3. The van der Waals surface area contributed by atoms with E-state index in [4.69, 9.17) is 21.4 Å². The number of hydrogen-bond donors (Lipinski definition) is 2. The predicted molar refractivity (Wildman–Crippen MR) is 114 cm³/mol. The van der Waals surface area contributed by atoms with Crippen LogP contribution in [0.15, 0.2) is 36.4 Å². The van der Waals surface area contributed by atoms with Gasteiger partial charge in [-0.3, -0.25) is 19.0 Å². The Morgan fingerprint density at radius 1 is 1.15 bits per heavy atom. The van der Waals surface area contributed by atoms with Crippen LogP contribution in [-0.2, 0) is 22.2 Å². The van der Waals surface area contributed by atoms with Gasteiger partial charge in [-0.2, -0.15) is 13.2 Å². The van der Waals surface area contributed by atoms with E-state index in [2.05, 4.69) is 5.32 Å². The maximum absolute atomic E-state index is 13.3. The molecule has 1 amide bonds. The van der Waals surface area contributed by atoms with Crippen molar-refractivity contribution in [3.63, 3.8) is 0 Å². The van der Waals surface area contributed by atoms with Crippen molar-refractivity contribution in [2.75, 3.05) is 13.7 Å². The Labute approximate surface area is 190 Å². The highest BCUT2D eigenvalue weighted by Gasteiger charge is 2.30. The Balaban J connectivity index is 2.12. The minimum atomic E-state index is -4.54. The van der Waals surface area contributed by atoms with Gasteiger partial charge in [-0.15, -0.1) is 0 Å². The number of rotatable bonds is 6. The van der Waals surface area contributed by atoms with Crippen LogP contribution in [0, 0.1) is 6.92 Å².